The smallest absolute Gasteiger partial charge is 0.102 e. The molecule has 0 bridgehead atoms. The quantitative estimate of drug-likeness (QED) is 0.375. The van der Waals surface area contributed by atoms with Gasteiger partial charge in [-0.25, -0.2) is 0 Å². The molecule has 3 saturated carbocycles. The van der Waals surface area contributed by atoms with E-state index >= 15 is 0 Å². The summed E-state index contributed by atoms with van der Waals surface area (Å²) in [5.74, 6) is 5.22. The third-order valence-electron chi connectivity index (χ3n) is 9.89. The van der Waals surface area contributed by atoms with Crippen LogP contribution in [0.5, 0.6) is 0 Å². The maximum Gasteiger partial charge on any atom is 0.102 e. The average molecular weight is 398 g/mol. The fourth-order valence-corrected chi connectivity index (χ4v) is 8.29. The Kier molecular flexibility index (Phi) is 5.77. The van der Waals surface area contributed by atoms with E-state index in [-0.39, 0.29) is 5.41 Å². The lowest BCUT2D eigenvalue weighted by atomic mass is 9.47. The Hall–Kier alpha value is -1.05. The molecule has 1 N–H and O–H groups in total. The molecule has 7 atom stereocenters. The molecule has 29 heavy (non-hydrogen) atoms. The van der Waals surface area contributed by atoms with Crippen molar-refractivity contribution in [3.63, 3.8) is 0 Å². The van der Waals surface area contributed by atoms with Crippen LogP contribution in [0.25, 0.3) is 0 Å². The molecule has 2 nitrogen and oxygen atoms in total. The SMILES string of the molecule is CC(C)CCCC(C)C1CCC2C3CCC4=C/C(=N/O)C=CC4(C)C3CCC12C. The molecule has 0 aliphatic heterocycles. The average Bonchev–Trinajstić information content (AvgIpc) is 3.04. The van der Waals surface area contributed by atoms with E-state index < -0.39 is 0 Å². The van der Waals surface area contributed by atoms with E-state index in [0.29, 0.717) is 5.41 Å². The van der Waals surface area contributed by atoms with Gasteiger partial charge in [0.15, 0.2) is 0 Å². The molecule has 4 aliphatic carbocycles. The van der Waals surface area contributed by atoms with Gasteiger partial charge in [-0.15, -0.1) is 0 Å². The molecule has 0 radical (unpaired) electrons. The van der Waals surface area contributed by atoms with Gasteiger partial charge in [0, 0.05) is 5.41 Å². The van der Waals surface area contributed by atoms with Gasteiger partial charge in [-0.1, -0.05) is 70.7 Å². The molecular weight excluding hydrogens is 354 g/mol. The lowest BCUT2D eigenvalue weighted by molar-refractivity contribution is -0.0434. The van der Waals surface area contributed by atoms with Gasteiger partial charge >= 0.3 is 0 Å². The Morgan fingerprint density at radius 1 is 1.07 bits per heavy atom. The molecule has 0 spiro atoms. The van der Waals surface area contributed by atoms with Crippen LogP contribution in [0, 0.1) is 46.3 Å². The Balaban J connectivity index is 1.50. The number of oxime groups is 1. The zero-order chi connectivity index (χ0) is 20.8. The summed E-state index contributed by atoms with van der Waals surface area (Å²) >= 11 is 0. The van der Waals surface area contributed by atoms with Gasteiger partial charge < -0.3 is 5.21 Å². The van der Waals surface area contributed by atoms with Crippen molar-refractivity contribution in [2.24, 2.45) is 51.5 Å². The topological polar surface area (TPSA) is 32.6 Å². The Bertz CT molecular complexity index is 703. The summed E-state index contributed by atoms with van der Waals surface area (Å²) in [5.41, 5.74) is 2.98. The Morgan fingerprint density at radius 2 is 1.86 bits per heavy atom. The van der Waals surface area contributed by atoms with Crippen LogP contribution < -0.4 is 0 Å². The van der Waals surface area contributed by atoms with Crippen LogP contribution in [-0.4, -0.2) is 10.9 Å². The lowest BCUT2D eigenvalue weighted by Gasteiger charge is -2.57. The summed E-state index contributed by atoms with van der Waals surface area (Å²) < 4.78 is 0. The van der Waals surface area contributed by atoms with E-state index in [1.165, 1.54) is 63.4 Å². The first-order valence-corrected chi connectivity index (χ1v) is 12.4. The number of rotatable bonds is 5. The fourth-order valence-electron chi connectivity index (χ4n) is 8.29. The van der Waals surface area contributed by atoms with Gasteiger partial charge in [-0.05, 0) is 91.6 Å². The minimum Gasteiger partial charge on any atom is -0.410 e. The highest BCUT2D eigenvalue weighted by Gasteiger charge is 2.58. The van der Waals surface area contributed by atoms with E-state index in [1.54, 1.807) is 0 Å². The summed E-state index contributed by atoms with van der Waals surface area (Å²) in [4.78, 5) is 0. The molecule has 0 amide bonds. The third kappa shape index (κ3) is 3.53. The van der Waals surface area contributed by atoms with Crippen molar-refractivity contribution < 1.29 is 5.21 Å². The predicted molar refractivity (Wildman–Crippen MR) is 122 cm³/mol. The summed E-state index contributed by atoms with van der Waals surface area (Å²) in [6.45, 7) is 12.4. The van der Waals surface area contributed by atoms with E-state index in [0.717, 1.165) is 41.2 Å². The van der Waals surface area contributed by atoms with Gasteiger partial charge in [0.2, 0.25) is 0 Å². The largest absolute Gasteiger partial charge is 0.410 e. The second kappa shape index (κ2) is 7.89. The molecule has 0 aromatic carbocycles. The summed E-state index contributed by atoms with van der Waals surface area (Å²) in [7, 11) is 0. The zero-order valence-corrected chi connectivity index (χ0v) is 19.5. The van der Waals surface area contributed by atoms with Crippen LogP contribution in [0.15, 0.2) is 29.0 Å². The lowest BCUT2D eigenvalue weighted by Crippen LogP contribution is -2.50. The molecule has 7 unspecified atom stereocenters. The summed E-state index contributed by atoms with van der Waals surface area (Å²) in [6, 6.07) is 0. The van der Waals surface area contributed by atoms with Crippen LogP contribution >= 0.6 is 0 Å². The molecule has 0 heterocycles. The van der Waals surface area contributed by atoms with Crippen molar-refractivity contribution in [3.8, 4) is 0 Å². The van der Waals surface area contributed by atoms with Crippen LogP contribution in [0.3, 0.4) is 0 Å². The molecule has 0 saturated heterocycles. The number of hydrogen-bond donors (Lipinski definition) is 1. The number of hydrogen-bond acceptors (Lipinski definition) is 2. The second-order valence-electron chi connectivity index (χ2n) is 11.8. The number of allylic oxidation sites excluding steroid dienone is 4. The van der Waals surface area contributed by atoms with Crippen molar-refractivity contribution in [3.05, 3.63) is 23.8 Å². The number of fused-ring (bicyclic) bond motifs is 5. The van der Waals surface area contributed by atoms with Gasteiger partial charge in [-0.2, -0.15) is 0 Å². The van der Waals surface area contributed by atoms with Crippen molar-refractivity contribution >= 4 is 5.71 Å². The highest BCUT2D eigenvalue weighted by Crippen LogP contribution is 2.67. The second-order valence-corrected chi connectivity index (χ2v) is 11.8. The maximum atomic E-state index is 9.22. The van der Waals surface area contributed by atoms with Crippen molar-refractivity contribution in [1.82, 2.24) is 0 Å². The van der Waals surface area contributed by atoms with Gasteiger partial charge in [0.1, 0.15) is 5.71 Å². The number of nitrogens with zero attached hydrogens (tertiary/aromatic N) is 1. The standard InChI is InChI=1S/C27H43NO/c1-18(2)7-6-8-19(3)23-11-12-24-22-10-9-20-17-21(28-29)13-15-26(20,4)25(22)14-16-27(23,24)5/h13,15,17-19,22-25,29H,6-12,14,16H2,1-5H3/b28-21+. The van der Waals surface area contributed by atoms with E-state index in [2.05, 4.69) is 51.9 Å². The maximum absolute atomic E-state index is 9.22. The monoisotopic (exact) mass is 397 g/mol. The molecule has 3 fully saturated rings. The molecule has 0 aromatic heterocycles. The van der Waals surface area contributed by atoms with Gasteiger partial charge in [0.05, 0.1) is 0 Å². The van der Waals surface area contributed by atoms with Crippen LogP contribution in [0.4, 0.5) is 0 Å². The molecule has 0 aromatic rings. The normalized spacial score (nSPS) is 43.7. The minimum absolute atomic E-state index is 0.180. The van der Waals surface area contributed by atoms with E-state index in [4.69, 9.17) is 0 Å². The molecule has 4 rings (SSSR count). The molecule has 4 aliphatic rings. The van der Waals surface area contributed by atoms with Crippen molar-refractivity contribution in [1.29, 1.82) is 0 Å². The highest BCUT2D eigenvalue weighted by molar-refractivity contribution is 6.05. The van der Waals surface area contributed by atoms with E-state index in [1.807, 2.05) is 6.08 Å². The van der Waals surface area contributed by atoms with Crippen LogP contribution in [-0.2, 0) is 0 Å². The summed E-state index contributed by atoms with van der Waals surface area (Å²) in [5, 5.41) is 12.7. The minimum atomic E-state index is 0.180. The zero-order valence-electron chi connectivity index (χ0n) is 19.5. The van der Waals surface area contributed by atoms with E-state index in [9.17, 15) is 5.21 Å². The molecule has 2 heteroatoms. The highest BCUT2D eigenvalue weighted by atomic mass is 16.4. The fraction of sp³-hybridized carbons (Fsp3) is 0.815. The first-order chi connectivity index (χ1) is 13.8. The third-order valence-corrected chi connectivity index (χ3v) is 9.89. The first-order valence-electron chi connectivity index (χ1n) is 12.4. The molecule has 162 valence electrons. The van der Waals surface area contributed by atoms with Crippen LogP contribution in [0.2, 0.25) is 0 Å². The van der Waals surface area contributed by atoms with Gasteiger partial charge in [-0.3, -0.25) is 0 Å². The Labute approximate surface area is 178 Å². The summed E-state index contributed by atoms with van der Waals surface area (Å²) in [6.07, 6.45) is 19.0. The molecular formula is C27H43NO. The Morgan fingerprint density at radius 3 is 2.59 bits per heavy atom. The van der Waals surface area contributed by atoms with Crippen molar-refractivity contribution in [2.75, 3.05) is 0 Å². The van der Waals surface area contributed by atoms with Crippen molar-refractivity contribution in [2.45, 2.75) is 92.4 Å². The first kappa shape index (κ1) is 21.2. The van der Waals surface area contributed by atoms with Gasteiger partial charge in [0.25, 0.3) is 0 Å². The van der Waals surface area contributed by atoms with Crippen LogP contribution in [0.1, 0.15) is 92.4 Å². The predicted octanol–water partition coefficient (Wildman–Crippen LogP) is 7.63.